The van der Waals surface area contributed by atoms with Crippen molar-refractivity contribution in [3.05, 3.63) is 0 Å². The maximum Gasteiger partial charge on any atom is 0.326 e. The van der Waals surface area contributed by atoms with Gasteiger partial charge in [0.15, 0.2) is 0 Å². The molecule has 0 spiro atoms. The fourth-order valence-corrected chi connectivity index (χ4v) is 5.64. The lowest BCUT2D eigenvalue weighted by atomic mass is 10.0. The molecule has 6 heteroatoms. The lowest BCUT2D eigenvalue weighted by Gasteiger charge is -2.14. The highest BCUT2D eigenvalue weighted by molar-refractivity contribution is 5.84. The Balaban J connectivity index is 3.61. The van der Waals surface area contributed by atoms with Crippen LogP contribution < -0.4 is 5.32 Å². The number of ether oxygens (including phenoxy) is 1. The topological polar surface area (TPSA) is 92.7 Å². The summed E-state index contributed by atoms with van der Waals surface area (Å²) in [4.78, 5) is 35.9. The van der Waals surface area contributed by atoms with Gasteiger partial charge in [0, 0.05) is 12.8 Å². The third kappa shape index (κ3) is 31.6. The molecule has 2 N–H and O–H groups in total. The van der Waals surface area contributed by atoms with Crippen LogP contribution in [0.25, 0.3) is 0 Å². The monoisotopic (exact) mass is 610 g/mol. The number of amides is 1. The van der Waals surface area contributed by atoms with Crippen LogP contribution >= 0.6 is 0 Å². The minimum Gasteiger partial charge on any atom is -0.480 e. The molecule has 0 aromatic heterocycles. The molecule has 0 aliphatic carbocycles. The van der Waals surface area contributed by atoms with E-state index in [0.717, 1.165) is 32.1 Å². The van der Waals surface area contributed by atoms with E-state index in [9.17, 15) is 19.5 Å². The quantitative estimate of drug-likeness (QED) is 0.0559. The Kier molecular flexibility index (Phi) is 32.1. The lowest BCUT2D eigenvalue weighted by Crippen LogP contribution is -2.41. The molecule has 0 unspecified atom stereocenters. The summed E-state index contributed by atoms with van der Waals surface area (Å²) >= 11 is 0. The zero-order valence-corrected chi connectivity index (χ0v) is 28.6. The molecule has 0 saturated heterocycles. The number of hydrogen-bond donors (Lipinski definition) is 2. The number of hydrogen-bond acceptors (Lipinski definition) is 4. The van der Waals surface area contributed by atoms with Crippen LogP contribution in [0.2, 0.25) is 0 Å². The smallest absolute Gasteiger partial charge is 0.326 e. The summed E-state index contributed by atoms with van der Waals surface area (Å²) in [5, 5.41) is 12.0. The Morgan fingerprint density at radius 3 is 1.23 bits per heavy atom. The molecular formula is C37H71NO5. The number of rotatable bonds is 34. The summed E-state index contributed by atoms with van der Waals surface area (Å²) < 4.78 is 5.30. The summed E-state index contributed by atoms with van der Waals surface area (Å²) in [7, 11) is 0. The normalized spacial score (nSPS) is 11.9. The number of carbonyl (C=O) groups is 3. The number of aliphatic carboxylic acids is 1. The SMILES string of the molecule is CCCCCCCCCCCCCCCCCCOC(=O)CC[C@H](NC(=O)CCCCCCCCCCCCC)C(=O)O. The number of carbonyl (C=O) groups excluding carboxylic acids is 2. The molecular weight excluding hydrogens is 538 g/mol. The number of unbranched alkanes of at least 4 members (excludes halogenated alkanes) is 25. The average Bonchev–Trinajstić information content (AvgIpc) is 2.99. The minimum atomic E-state index is -1.10. The Morgan fingerprint density at radius 1 is 0.512 bits per heavy atom. The third-order valence-electron chi connectivity index (χ3n) is 8.54. The second-order valence-corrected chi connectivity index (χ2v) is 12.8. The zero-order chi connectivity index (χ0) is 31.6. The molecule has 6 nitrogen and oxygen atoms in total. The molecule has 254 valence electrons. The van der Waals surface area contributed by atoms with Gasteiger partial charge in [-0.3, -0.25) is 9.59 Å². The van der Waals surface area contributed by atoms with Crippen LogP contribution in [0.4, 0.5) is 0 Å². The highest BCUT2D eigenvalue weighted by atomic mass is 16.5. The largest absolute Gasteiger partial charge is 0.480 e. The molecule has 0 aliphatic rings. The van der Waals surface area contributed by atoms with E-state index >= 15 is 0 Å². The zero-order valence-electron chi connectivity index (χ0n) is 28.6. The van der Waals surface area contributed by atoms with E-state index in [1.54, 1.807) is 0 Å². The van der Waals surface area contributed by atoms with Gasteiger partial charge in [-0.25, -0.2) is 4.79 Å². The maximum atomic E-state index is 12.2. The van der Waals surface area contributed by atoms with E-state index in [0.29, 0.717) is 13.0 Å². The molecule has 0 aliphatic heterocycles. The standard InChI is InChI=1S/C37H71NO5/c1-3-5-7-9-11-13-15-16-17-18-19-21-23-25-27-29-33-43-36(40)32-31-34(37(41)42)38-35(39)30-28-26-24-22-20-14-12-10-8-6-4-2/h34H,3-33H2,1-2H3,(H,38,39)(H,41,42)/t34-/m0/s1. The van der Waals surface area contributed by atoms with E-state index in [2.05, 4.69) is 19.2 Å². The van der Waals surface area contributed by atoms with Gasteiger partial charge in [0.1, 0.15) is 6.04 Å². The van der Waals surface area contributed by atoms with Crippen molar-refractivity contribution in [2.24, 2.45) is 0 Å². The van der Waals surface area contributed by atoms with Crippen molar-refractivity contribution >= 4 is 17.8 Å². The van der Waals surface area contributed by atoms with Crippen LogP contribution in [0.3, 0.4) is 0 Å². The van der Waals surface area contributed by atoms with E-state index in [-0.39, 0.29) is 24.7 Å². The summed E-state index contributed by atoms with van der Waals surface area (Å²) in [6.45, 7) is 4.90. The summed E-state index contributed by atoms with van der Waals surface area (Å²) in [5.74, 6) is -1.73. The number of carboxylic acids is 1. The van der Waals surface area contributed by atoms with Crippen LogP contribution in [0.15, 0.2) is 0 Å². The molecule has 0 aromatic rings. The second-order valence-electron chi connectivity index (χ2n) is 12.8. The fraction of sp³-hybridized carbons (Fsp3) is 0.919. The van der Waals surface area contributed by atoms with Crippen molar-refractivity contribution < 1.29 is 24.2 Å². The highest BCUT2D eigenvalue weighted by Gasteiger charge is 2.21. The van der Waals surface area contributed by atoms with E-state index in [1.807, 2.05) is 0 Å². The van der Waals surface area contributed by atoms with Crippen molar-refractivity contribution in [1.29, 1.82) is 0 Å². The maximum absolute atomic E-state index is 12.2. The highest BCUT2D eigenvalue weighted by Crippen LogP contribution is 2.14. The van der Waals surface area contributed by atoms with E-state index < -0.39 is 12.0 Å². The summed E-state index contributed by atoms with van der Waals surface area (Å²) in [6, 6.07) is -1.04. The lowest BCUT2D eigenvalue weighted by molar-refractivity contribution is -0.145. The Hall–Kier alpha value is -1.59. The van der Waals surface area contributed by atoms with Gasteiger partial charge in [-0.05, 0) is 19.3 Å². The van der Waals surface area contributed by atoms with Crippen molar-refractivity contribution in [3.8, 4) is 0 Å². The predicted octanol–water partition coefficient (Wildman–Crippen LogP) is 10.8. The molecule has 0 heterocycles. The molecule has 0 saturated carbocycles. The molecule has 1 atom stereocenters. The van der Waals surface area contributed by atoms with Crippen LogP contribution in [-0.2, 0) is 19.1 Å². The fourth-order valence-electron chi connectivity index (χ4n) is 5.64. The van der Waals surface area contributed by atoms with Crippen LogP contribution in [0.5, 0.6) is 0 Å². The van der Waals surface area contributed by atoms with E-state index in [4.69, 9.17) is 4.74 Å². The van der Waals surface area contributed by atoms with Crippen molar-refractivity contribution in [3.63, 3.8) is 0 Å². The minimum absolute atomic E-state index is 0.00848. The molecule has 0 fully saturated rings. The van der Waals surface area contributed by atoms with Gasteiger partial charge in [-0.15, -0.1) is 0 Å². The third-order valence-corrected chi connectivity index (χ3v) is 8.54. The van der Waals surface area contributed by atoms with Crippen molar-refractivity contribution in [2.45, 2.75) is 213 Å². The van der Waals surface area contributed by atoms with Gasteiger partial charge in [0.25, 0.3) is 0 Å². The van der Waals surface area contributed by atoms with Crippen LogP contribution in [0.1, 0.15) is 206 Å². The van der Waals surface area contributed by atoms with Crippen LogP contribution in [-0.4, -0.2) is 35.6 Å². The molecule has 0 radical (unpaired) electrons. The van der Waals surface area contributed by atoms with E-state index in [1.165, 1.54) is 141 Å². The average molecular weight is 610 g/mol. The van der Waals surface area contributed by atoms with Gasteiger partial charge >= 0.3 is 11.9 Å². The summed E-state index contributed by atoms with van der Waals surface area (Å²) in [5.41, 5.74) is 0. The van der Waals surface area contributed by atoms with Gasteiger partial charge in [-0.2, -0.15) is 0 Å². The number of esters is 1. The van der Waals surface area contributed by atoms with Gasteiger partial charge in [0.05, 0.1) is 6.61 Å². The second kappa shape index (κ2) is 33.3. The molecule has 0 aromatic carbocycles. The summed E-state index contributed by atoms with van der Waals surface area (Å²) in [6.07, 6.45) is 34.5. The van der Waals surface area contributed by atoms with Gasteiger partial charge in [-0.1, -0.05) is 174 Å². The molecule has 43 heavy (non-hydrogen) atoms. The first-order valence-corrected chi connectivity index (χ1v) is 18.7. The van der Waals surface area contributed by atoms with Crippen LogP contribution in [0, 0.1) is 0 Å². The van der Waals surface area contributed by atoms with Gasteiger partial charge < -0.3 is 15.2 Å². The number of carboxylic acid groups (broad SMARTS) is 1. The Morgan fingerprint density at radius 2 is 0.860 bits per heavy atom. The Bertz CT molecular complexity index is 638. The number of nitrogens with one attached hydrogen (secondary N) is 1. The molecule has 0 bridgehead atoms. The first-order chi connectivity index (χ1) is 21.0. The predicted molar refractivity (Wildman–Crippen MR) is 180 cm³/mol. The molecule has 0 rings (SSSR count). The van der Waals surface area contributed by atoms with Gasteiger partial charge in [0.2, 0.25) is 5.91 Å². The first-order valence-electron chi connectivity index (χ1n) is 18.7. The molecule has 1 amide bonds. The Labute approximate surface area is 266 Å². The first kappa shape index (κ1) is 41.4. The van der Waals surface area contributed by atoms with Crippen molar-refractivity contribution in [1.82, 2.24) is 5.32 Å². The van der Waals surface area contributed by atoms with Crippen molar-refractivity contribution in [2.75, 3.05) is 6.61 Å².